The fourth-order valence-electron chi connectivity index (χ4n) is 3.99. The van der Waals surface area contributed by atoms with Crippen molar-refractivity contribution in [1.29, 1.82) is 0 Å². The van der Waals surface area contributed by atoms with Crippen LogP contribution in [0, 0.1) is 0 Å². The summed E-state index contributed by atoms with van der Waals surface area (Å²) in [7, 11) is -2.26. The molecule has 2 N–H and O–H groups in total. The van der Waals surface area contributed by atoms with Gasteiger partial charge in [-0.1, -0.05) is 6.07 Å². The largest absolute Gasteiger partial charge is 0.480 e. The number of aromatic nitrogens is 4. The summed E-state index contributed by atoms with van der Waals surface area (Å²) < 4.78 is 39.2. The zero-order valence-corrected chi connectivity index (χ0v) is 19.8. The molecule has 0 radical (unpaired) electrons. The number of hydrogen-bond acceptors (Lipinski definition) is 9. The lowest BCUT2D eigenvalue weighted by Gasteiger charge is -2.24. The Balaban J connectivity index is 1.47. The number of sulfonamides is 1. The minimum Gasteiger partial charge on any atom is -0.480 e. The molecule has 0 bridgehead atoms. The molecule has 11 heteroatoms. The molecule has 0 amide bonds. The van der Waals surface area contributed by atoms with E-state index in [1.54, 1.807) is 31.5 Å². The summed E-state index contributed by atoms with van der Waals surface area (Å²) in [5.74, 6) is 1.35. The minimum absolute atomic E-state index is 0.113. The summed E-state index contributed by atoms with van der Waals surface area (Å²) in [5.41, 5.74) is 1.36. The van der Waals surface area contributed by atoms with Gasteiger partial charge >= 0.3 is 0 Å². The van der Waals surface area contributed by atoms with Crippen LogP contribution in [0.2, 0.25) is 0 Å². The summed E-state index contributed by atoms with van der Waals surface area (Å²) in [6.07, 6.45) is 6.23. The zero-order valence-electron chi connectivity index (χ0n) is 19.0. The summed E-state index contributed by atoms with van der Waals surface area (Å²) in [6, 6.07) is 12.3. The van der Waals surface area contributed by atoms with Crippen molar-refractivity contribution in [3.63, 3.8) is 0 Å². The van der Waals surface area contributed by atoms with Gasteiger partial charge in [0.05, 0.1) is 23.3 Å². The Hall–Kier alpha value is -3.83. The van der Waals surface area contributed by atoms with Crippen LogP contribution in [0.3, 0.4) is 0 Å². The van der Waals surface area contributed by atoms with Crippen LogP contribution in [0.15, 0.2) is 66.1 Å². The van der Waals surface area contributed by atoms with E-state index in [1.807, 2.05) is 12.1 Å². The van der Waals surface area contributed by atoms with Crippen LogP contribution in [0.5, 0.6) is 5.88 Å². The Labute approximate surface area is 202 Å². The van der Waals surface area contributed by atoms with Crippen LogP contribution in [-0.2, 0) is 14.8 Å². The number of ether oxygens (including phenoxy) is 2. The van der Waals surface area contributed by atoms with E-state index >= 15 is 0 Å². The molecular formula is C24H24N6O4S. The van der Waals surface area contributed by atoms with Gasteiger partial charge in [0, 0.05) is 37.0 Å². The quantitative estimate of drug-likeness (QED) is 0.398. The van der Waals surface area contributed by atoms with Crippen molar-refractivity contribution in [2.45, 2.75) is 23.8 Å². The average molecular weight is 493 g/mol. The van der Waals surface area contributed by atoms with Gasteiger partial charge in [-0.05, 0) is 54.6 Å². The van der Waals surface area contributed by atoms with Crippen LogP contribution in [0.25, 0.3) is 22.0 Å². The van der Waals surface area contributed by atoms with Crippen LogP contribution >= 0.6 is 0 Å². The molecule has 0 atom stereocenters. The predicted molar refractivity (Wildman–Crippen MR) is 132 cm³/mol. The molecule has 0 spiro atoms. The Bertz CT molecular complexity index is 1440. The Morgan fingerprint density at radius 1 is 1.00 bits per heavy atom. The van der Waals surface area contributed by atoms with Crippen molar-refractivity contribution in [3.05, 3.63) is 61.2 Å². The highest BCUT2D eigenvalue weighted by molar-refractivity contribution is 7.92. The van der Waals surface area contributed by atoms with Crippen LogP contribution in [0.1, 0.15) is 12.8 Å². The second kappa shape index (κ2) is 9.80. The van der Waals surface area contributed by atoms with Crippen molar-refractivity contribution in [2.24, 2.45) is 0 Å². The van der Waals surface area contributed by atoms with Crippen molar-refractivity contribution in [2.75, 3.05) is 30.4 Å². The van der Waals surface area contributed by atoms with Gasteiger partial charge in [0.15, 0.2) is 0 Å². The number of nitrogens with zero attached hydrogens (tertiary/aromatic N) is 4. The summed E-state index contributed by atoms with van der Waals surface area (Å²) in [6.45, 7) is 1.47. The molecule has 35 heavy (non-hydrogen) atoms. The summed E-state index contributed by atoms with van der Waals surface area (Å²) in [5, 5.41) is 4.93. The molecule has 4 aromatic rings. The van der Waals surface area contributed by atoms with Gasteiger partial charge in [0.2, 0.25) is 5.88 Å². The first-order valence-corrected chi connectivity index (χ1v) is 12.6. The Morgan fingerprint density at radius 3 is 2.63 bits per heavy atom. The molecule has 0 unspecified atom stereocenters. The second-order valence-corrected chi connectivity index (χ2v) is 9.71. The molecule has 10 nitrogen and oxygen atoms in total. The van der Waals surface area contributed by atoms with E-state index in [1.165, 1.54) is 24.7 Å². The highest BCUT2D eigenvalue weighted by Crippen LogP contribution is 2.34. The molecule has 1 aromatic carbocycles. The van der Waals surface area contributed by atoms with Gasteiger partial charge in [-0.3, -0.25) is 9.71 Å². The maximum Gasteiger partial charge on any atom is 0.263 e. The number of pyridine rings is 2. The number of rotatable bonds is 7. The lowest BCUT2D eigenvalue weighted by Crippen LogP contribution is -2.28. The summed E-state index contributed by atoms with van der Waals surface area (Å²) >= 11 is 0. The standard InChI is InChI=1S/C24H24N6O4S/c1-33-24-20(4-5-22(29-24)28-17-8-12-34-13-9-17)23-19-3-2-18(14-16(19)6-11-26-23)35(31,32)30-21-7-10-25-15-27-21/h2-7,10-11,14-15,17H,8-9,12-13H2,1H3,(H,28,29)(H,25,27,30). The fourth-order valence-corrected chi connectivity index (χ4v) is 5.04. The average Bonchev–Trinajstić information content (AvgIpc) is 2.89. The van der Waals surface area contributed by atoms with Gasteiger partial charge < -0.3 is 14.8 Å². The monoisotopic (exact) mass is 492 g/mol. The van der Waals surface area contributed by atoms with E-state index < -0.39 is 10.0 Å². The van der Waals surface area contributed by atoms with Gasteiger partial charge in [-0.2, -0.15) is 4.98 Å². The smallest absolute Gasteiger partial charge is 0.263 e. The Kier molecular flexibility index (Phi) is 6.43. The normalized spacial score (nSPS) is 14.5. The van der Waals surface area contributed by atoms with Crippen LogP contribution in [0.4, 0.5) is 11.6 Å². The minimum atomic E-state index is -3.83. The fraction of sp³-hybridized carbons (Fsp3) is 0.250. The molecule has 1 saturated heterocycles. The number of hydrogen-bond donors (Lipinski definition) is 2. The molecule has 180 valence electrons. The van der Waals surface area contributed by atoms with E-state index in [-0.39, 0.29) is 10.7 Å². The van der Waals surface area contributed by atoms with E-state index in [4.69, 9.17) is 9.47 Å². The lowest BCUT2D eigenvalue weighted by atomic mass is 10.0. The highest BCUT2D eigenvalue weighted by atomic mass is 32.2. The van der Waals surface area contributed by atoms with Gasteiger partial charge in [-0.25, -0.2) is 18.4 Å². The SMILES string of the molecule is COc1nc(NC2CCOCC2)ccc1-c1nccc2cc(S(=O)(=O)Nc3ccncn3)ccc12. The van der Waals surface area contributed by atoms with E-state index in [9.17, 15) is 8.42 Å². The maximum absolute atomic E-state index is 12.9. The van der Waals surface area contributed by atoms with E-state index in [0.717, 1.165) is 37.3 Å². The zero-order chi connectivity index (χ0) is 24.3. The molecule has 1 aliphatic rings. The van der Waals surface area contributed by atoms with E-state index in [2.05, 4.69) is 30.0 Å². The first-order valence-electron chi connectivity index (χ1n) is 11.1. The molecule has 0 saturated carbocycles. The van der Waals surface area contributed by atoms with Crippen LogP contribution < -0.4 is 14.8 Å². The third kappa shape index (κ3) is 5.00. The lowest BCUT2D eigenvalue weighted by molar-refractivity contribution is 0.0904. The number of nitrogens with one attached hydrogen (secondary N) is 2. The first kappa shape index (κ1) is 22.9. The maximum atomic E-state index is 12.9. The third-order valence-corrected chi connectivity index (χ3v) is 7.10. The molecule has 1 fully saturated rings. The first-order chi connectivity index (χ1) is 17.0. The molecule has 0 aliphatic carbocycles. The molecule has 1 aliphatic heterocycles. The molecule has 5 rings (SSSR count). The van der Waals surface area contributed by atoms with Gasteiger partial charge in [0.1, 0.15) is 18.0 Å². The van der Waals surface area contributed by atoms with Crippen LogP contribution in [-0.4, -0.2) is 54.7 Å². The second-order valence-electron chi connectivity index (χ2n) is 8.03. The predicted octanol–water partition coefficient (Wildman–Crippen LogP) is 3.49. The number of fused-ring (bicyclic) bond motifs is 1. The van der Waals surface area contributed by atoms with Crippen molar-refractivity contribution in [1.82, 2.24) is 19.9 Å². The molecular weight excluding hydrogens is 468 g/mol. The van der Waals surface area contributed by atoms with Gasteiger partial charge in [0.25, 0.3) is 10.0 Å². The number of benzene rings is 1. The van der Waals surface area contributed by atoms with Crippen molar-refractivity contribution in [3.8, 4) is 17.1 Å². The summed E-state index contributed by atoms with van der Waals surface area (Å²) in [4.78, 5) is 17.0. The number of anilines is 2. The molecule has 3 aromatic heterocycles. The third-order valence-electron chi connectivity index (χ3n) is 5.75. The van der Waals surface area contributed by atoms with Crippen molar-refractivity contribution >= 4 is 32.4 Å². The Morgan fingerprint density at radius 2 is 1.86 bits per heavy atom. The van der Waals surface area contributed by atoms with Crippen molar-refractivity contribution < 1.29 is 17.9 Å². The van der Waals surface area contributed by atoms with Gasteiger partial charge in [-0.15, -0.1) is 0 Å². The molecule has 4 heterocycles. The van der Waals surface area contributed by atoms with E-state index in [0.29, 0.717) is 28.6 Å². The number of methoxy groups -OCH3 is 1. The topological polar surface area (TPSA) is 128 Å². The highest BCUT2D eigenvalue weighted by Gasteiger charge is 2.19.